The third-order valence-corrected chi connectivity index (χ3v) is 24.0. The summed E-state index contributed by atoms with van der Waals surface area (Å²) >= 11 is 0. The van der Waals surface area contributed by atoms with E-state index in [1.54, 1.807) is 27.7 Å². The first-order valence-corrected chi connectivity index (χ1v) is 47.4. The lowest BCUT2D eigenvalue weighted by atomic mass is 9.95. The summed E-state index contributed by atoms with van der Waals surface area (Å²) in [5, 5.41) is 161. The van der Waals surface area contributed by atoms with Gasteiger partial charge in [-0.2, -0.15) is 0 Å². The minimum atomic E-state index is -2.22. The highest BCUT2D eigenvalue weighted by Gasteiger charge is 2.54. The number of unbranched alkanes of at least 4 members (excludes halogenated alkanes) is 2. The number of primary amides is 1. The fourth-order valence-electron chi connectivity index (χ4n) is 15.8. The van der Waals surface area contributed by atoms with Crippen molar-refractivity contribution in [3.8, 4) is 5.75 Å². The summed E-state index contributed by atoms with van der Waals surface area (Å²) < 4.78 is 23.8. The molecule has 4 aliphatic rings. The van der Waals surface area contributed by atoms with E-state index in [2.05, 4.69) is 79.8 Å². The number of phenols is 1. The molecule has 0 bridgehead atoms. The molecule has 0 aromatic heterocycles. The Bertz CT molecular complexity index is 4600. The van der Waals surface area contributed by atoms with E-state index in [-0.39, 0.29) is 108 Å². The largest absolute Gasteiger partial charge is 0.508 e. The number of aromatic hydroxyl groups is 1. The van der Waals surface area contributed by atoms with Gasteiger partial charge >= 0.3 is 17.9 Å². The van der Waals surface area contributed by atoms with Crippen LogP contribution in [0.15, 0.2) is 24.3 Å². The van der Waals surface area contributed by atoms with Gasteiger partial charge < -0.3 is 187 Å². The zero-order valence-corrected chi connectivity index (χ0v) is 81.2. The molecule has 1 aromatic rings. The first kappa shape index (κ1) is 123. The summed E-state index contributed by atoms with van der Waals surface area (Å²) in [7, 11) is 0. The monoisotopic (exact) mass is 2070 g/mol. The normalized spacial score (nSPS) is 22.6. The van der Waals surface area contributed by atoms with Gasteiger partial charge in [0.15, 0.2) is 12.6 Å². The molecule has 57 heteroatoms. The minimum Gasteiger partial charge on any atom is -0.508 e. The molecule has 145 heavy (non-hydrogen) atoms. The van der Waals surface area contributed by atoms with Crippen LogP contribution in [0.2, 0.25) is 0 Å². The smallest absolute Gasteiger partial charge is 0.326 e. The summed E-state index contributed by atoms with van der Waals surface area (Å²) in [6, 6.07) is -20.0. The number of likely N-dealkylation sites (tertiary alicyclic amines) is 1. The summed E-state index contributed by atoms with van der Waals surface area (Å²) in [6.07, 6.45) is -23.4. The Morgan fingerprint density at radius 1 is 0.517 bits per heavy atom. The number of aliphatic hydroxyl groups is 8. The molecule has 18 amide bonds. The van der Waals surface area contributed by atoms with E-state index < -0.39 is 354 Å². The fourth-order valence-corrected chi connectivity index (χ4v) is 15.8. The van der Waals surface area contributed by atoms with E-state index in [4.69, 9.17) is 36.1 Å². The van der Waals surface area contributed by atoms with Gasteiger partial charge in [-0.1, -0.05) is 46.2 Å². The van der Waals surface area contributed by atoms with E-state index in [1.165, 1.54) is 29.2 Å². The summed E-state index contributed by atoms with van der Waals surface area (Å²) in [6.45, 7) is 3.33. The lowest BCUT2D eigenvalue weighted by molar-refractivity contribution is -0.347. The third-order valence-electron chi connectivity index (χ3n) is 24.0. The molecular weight excluding hydrogens is 1930 g/mol. The average molecular weight is 2070 g/mol. The molecule has 0 spiro atoms. The fraction of sp³-hybridized carbons (Fsp3) is 0.693. The zero-order chi connectivity index (χ0) is 109. The van der Waals surface area contributed by atoms with Crippen LogP contribution >= 0.6 is 0 Å². The predicted octanol–water partition coefficient (Wildman–Crippen LogP) is -13.5. The van der Waals surface area contributed by atoms with Gasteiger partial charge in [-0.25, -0.2) is 4.79 Å². The number of amides is 18. The molecule has 5 rings (SSSR count). The van der Waals surface area contributed by atoms with E-state index in [1.807, 2.05) is 5.32 Å². The zero-order valence-electron chi connectivity index (χ0n) is 81.2. The van der Waals surface area contributed by atoms with Crippen LogP contribution in [0.1, 0.15) is 163 Å². The molecule has 4 aliphatic heterocycles. The quantitative estimate of drug-likeness (QED) is 0.0269. The van der Waals surface area contributed by atoms with Crippen LogP contribution in [0.5, 0.6) is 5.75 Å². The number of carboxylic acids is 3. The Kier molecular flexibility index (Phi) is 51.6. The number of nitrogens with one attached hydrogen (secondary N) is 16. The number of aliphatic hydroxyl groups excluding tert-OH is 8. The Morgan fingerprint density at radius 3 is 1.55 bits per heavy atom. The van der Waals surface area contributed by atoms with E-state index >= 15 is 14.4 Å². The maximum atomic E-state index is 15.5. The van der Waals surface area contributed by atoms with Crippen molar-refractivity contribution in [3.63, 3.8) is 0 Å². The highest BCUT2D eigenvalue weighted by Crippen LogP contribution is 2.32. The van der Waals surface area contributed by atoms with Gasteiger partial charge in [-0.15, -0.1) is 0 Å². The molecule has 0 radical (unpaired) electrons. The maximum absolute atomic E-state index is 15.5. The van der Waals surface area contributed by atoms with Crippen molar-refractivity contribution in [2.24, 2.45) is 29.0 Å². The number of carbonyl (C=O) groups excluding carboxylic acids is 18. The molecule has 0 saturated carbocycles. The Morgan fingerprint density at radius 2 is 1.01 bits per heavy atom. The number of carboxylic acid groups (broad SMARTS) is 3. The summed E-state index contributed by atoms with van der Waals surface area (Å²) in [5.41, 5.74) is 17.8. The highest BCUT2D eigenvalue weighted by atomic mass is 16.7. The number of benzene rings is 1. The van der Waals surface area contributed by atoms with E-state index in [0.29, 0.717) is 12.0 Å². The van der Waals surface area contributed by atoms with Crippen LogP contribution in [0, 0.1) is 11.8 Å². The third kappa shape index (κ3) is 39.3. The molecule has 34 N–H and O–H groups in total. The molecular formula is C88H140N20O37. The van der Waals surface area contributed by atoms with Gasteiger partial charge in [0.2, 0.25) is 106 Å². The molecule has 4 heterocycles. The van der Waals surface area contributed by atoms with Crippen LogP contribution in [-0.2, 0) is 126 Å². The molecule has 4 fully saturated rings. The number of carbonyl (C=O) groups is 21. The maximum Gasteiger partial charge on any atom is 0.326 e. The lowest BCUT2D eigenvalue weighted by Gasteiger charge is -2.48. The highest BCUT2D eigenvalue weighted by molar-refractivity contribution is 6.02. The van der Waals surface area contributed by atoms with Crippen LogP contribution < -0.4 is 102 Å². The molecule has 0 aliphatic carbocycles. The second kappa shape index (κ2) is 60.9. The van der Waals surface area contributed by atoms with Crippen molar-refractivity contribution >= 4 is 124 Å². The number of aliphatic carboxylic acids is 3. The summed E-state index contributed by atoms with van der Waals surface area (Å²) in [5.74, 6) is -25.2. The second-order valence-corrected chi connectivity index (χ2v) is 35.9. The number of nitrogens with two attached hydrogens (primary N) is 3. The second-order valence-electron chi connectivity index (χ2n) is 35.9. The molecule has 814 valence electrons. The molecule has 57 nitrogen and oxygen atoms in total. The molecule has 26 unspecified atom stereocenters. The lowest BCUT2D eigenvalue weighted by Crippen LogP contribution is -2.69. The Balaban J connectivity index is 1.43. The number of phenolic OH excluding ortho intramolecular Hbond substituents is 1. The Labute approximate surface area is 831 Å². The number of hydrogen-bond acceptors (Lipinski definition) is 36. The standard InChI is InChI=1S/C88H140N20O37/c1-8-40(4)65(83(137)104-53(86(140)141)30-39(2)3)106-79(133)51(31-44-17-19-45(114)20-18-44)103-82(136)56-16-13-29-108(56)85(139)50(15-10-12-28-90)101-75(129)46(14-9-11-27-89)100-84(138)66(42(6)142-87-67(95-43(7)113)72(69(124)58(38-112)143-87)145-88-71(126)70(125)68(123)57(37-111)144-88)107-73(127)41(5)94-78(132)52(32-59(91)115)102-80(134)54(35-109)97-62(118)34-92-61(117)33-93-74(128)47(22-25-63(119)120)98-77(131)49(23-26-64(121)122)99-81(135)55(36-110)105-76(130)48-21-24-60(116)96-48/h17-20,39-42,46-58,65-72,87-88,109-112,114,123-126H,8-16,21-38,89-90H2,1-7H3,(H2,91,115)(H,92,117)(H,93,128)(H,94,132)(H,95,113)(H,96,116)(H,97,118)(H,98,131)(H,99,135)(H,100,138)(H,101,129)(H,102,134)(H,103,136)(H,104,137)(H,105,130)(H,106,133)(H,107,127)(H,119,120)(H,121,122)(H,140,141). The van der Waals surface area contributed by atoms with Crippen LogP contribution in [0.3, 0.4) is 0 Å². The molecule has 4 saturated heterocycles. The topological polar surface area (TPSA) is 912 Å². The van der Waals surface area contributed by atoms with Crippen LogP contribution in [0.25, 0.3) is 0 Å². The van der Waals surface area contributed by atoms with E-state index in [9.17, 15) is 148 Å². The van der Waals surface area contributed by atoms with Crippen molar-refractivity contribution in [2.45, 2.75) is 316 Å². The van der Waals surface area contributed by atoms with Crippen molar-refractivity contribution in [2.75, 3.05) is 59.2 Å². The van der Waals surface area contributed by atoms with E-state index in [0.717, 1.165) is 20.8 Å². The molecule has 26 atom stereocenters. The SMILES string of the molecule is CCC(C)C(NC(=O)C(Cc1ccc(O)cc1)NC(=O)C1CCCN1C(=O)C(CCCCN)NC(=O)C(CCCCN)NC(=O)C(NC(=O)C(C)NC(=O)C(CC(N)=O)NC(=O)C(CO)NC(=O)CNC(=O)CNC(=O)C(CCC(=O)O)NC(=O)C(CCC(=O)O)NC(=O)C(CO)NC(=O)C1CCC(=O)N1)C(C)OC1OC(CO)C(O)C(OC2OC(CO)C(O)C(O)C2O)C1NC(C)=O)C(=O)NC(CC(C)C)C(=O)O. The first-order chi connectivity index (χ1) is 68.4. The van der Waals surface area contributed by atoms with Gasteiger partial charge in [0.1, 0.15) is 139 Å². The number of ether oxygens (including phenoxy) is 4. The van der Waals surface area contributed by atoms with Gasteiger partial charge in [0, 0.05) is 39.2 Å². The van der Waals surface area contributed by atoms with Gasteiger partial charge in [-0.05, 0) is 134 Å². The van der Waals surface area contributed by atoms with Crippen molar-refractivity contribution in [3.05, 3.63) is 29.8 Å². The van der Waals surface area contributed by atoms with Gasteiger partial charge in [0.25, 0.3) is 0 Å². The Hall–Kier alpha value is -12.7. The van der Waals surface area contributed by atoms with Crippen molar-refractivity contribution in [1.82, 2.24) is 90.0 Å². The molecule has 1 aromatic carbocycles. The number of nitrogens with zero attached hydrogens (tertiary/aromatic N) is 1. The van der Waals surface area contributed by atoms with Crippen molar-refractivity contribution < 1.29 is 181 Å². The van der Waals surface area contributed by atoms with Gasteiger partial charge in [0.05, 0.1) is 52.0 Å². The predicted molar refractivity (Wildman–Crippen MR) is 495 cm³/mol. The first-order valence-electron chi connectivity index (χ1n) is 47.4. The van der Waals surface area contributed by atoms with Gasteiger partial charge in [-0.3, -0.25) is 95.9 Å². The average Bonchev–Trinajstić information content (AvgIpc) is 1.29. The minimum absolute atomic E-state index is 0.00637. The number of hydrogen-bond donors (Lipinski definition) is 31. The summed E-state index contributed by atoms with van der Waals surface area (Å²) in [4.78, 5) is 286. The van der Waals surface area contributed by atoms with Crippen LogP contribution in [-0.4, -0.2) is 402 Å². The number of rotatable bonds is 62. The van der Waals surface area contributed by atoms with Crippen molar-refractivity contribution in [1.29, 1.82) is 0 Å². The van der Waals surface area contributed by atoms with Crippen LogP contribution in [0.4, 0.5) is 0 Å².